The van der Waals surface area contributed by atoms with Crippen molar-refractivity contribution < 1.29 is 43.2 Å². The van der Waals surface area contributed by atoms with E-state index >= 15 is 0 Å². The summed E-state index contributed by atoms with van der Waals surface area (Å²) in [6.45, 7) is 10.3. The summed E-state index contributed by atoms with van der Waals surface area (Å²) in [4.78, 5) is 35.9. The fraction of sp³-hybridized carbons (Fsp3) is 0.516. The van der Waals surface area contributed by atoms with Crippen LogP contribution in [0.5, 0.6) is 5.75 Å². The van der Waals surface area contributed by atoms with E-state index in [0.717, 1.165) is 55.8 Å². The van der Waals surface area contributed by atoms with E-state index in [1.54, 1.807) is 12.1 Å². The van der Waals surface area contributed by atoms with Crippen LogP contribution in [0.2, 0.25) is 0 Å². The number of aliphatic carboxylic acids is 2. The second-order valence-electron chi connectivity index (χ2n) is 10.9. The first-order valence-electron chi connectivity index (χ1n) is 14.5. The van der Waals surface area contributed by atoms with Crippen molar-refractivity contribution in [1.82, 2.24) is 15.1 Å². The summed E-state index contributed by atoms with van der Waals surface area (Å²) in [6.07, 6.45) is 2.80. The minimum absolute atomic E-state index is 0.105. The number of carboxylic acids is 2. The van der Waals surface area contributed by atoms with Gasteiger partial charge in [-0.2, -0.15) is 0 Å². The molecule has 2 aliphatic heterocycles. The number of hydrogen-bond acceptors (Lipinski definition) is 7. The third-order valence-electron chi connectivity index (χ3n) is 7.03. The van der Waals surface area contributed by atoms with Crippen molar-refractivity contribution in [2.75, 3.05) is 26.2 Å². The summed E-state index contributed by atoms with van der Waals surface area (Å²) in [5.74, 6) is -3.11. The topological polar surface area (TPSA) is 138 Å². The van der Waals surface area contributed by atoms with Crippen LogP contribution < -0.4 is 10.1 Å². The van der Waals surface area contributed by atoms with Gasteiger partial charge in [-0.1, -0.05) is 24.3 Å². The molecule has 0 aliphatic carbocycles. The zero-order valence-electron chi connectivity index (χ0n) is 24.9. The molecule has 2 aromatic carbocycles. The Morgan fingerprint density at radius 2 is 1.63 bits per heavy atom. The molecule has 0 bridgehead atoms. The van der Waals surface area contributed by atoms with E-state index in [1.807, 2.05) is 49.9 Å². The number of carbonyl (C=O) groups is 3. The number of carbonyl (C=O) groups excluding carboxylic acids is 1. The molecule has 11 nitrogen and oxygen atoms in total. The maximum Gasteiger partial charge on any atom is 0.414 e. The van der Waals surface area contributed by atoms with Gasteiger partial charge < -0.3 is 39.5 Å². The monoisotopic (exact) mass is 603 g/mol. The van der Waals surface area contributed by atoms with Crippen molar-refractivity contribution in [3.63, 3.8) is 0 Å². The molecule has 2 fully saturated rings. The molecule has 0 aromatic heterocycles. The molecule has 0 saturated carbocycles. The van der Waals surface area contributed by atoms with Crippen molar-refractivity contribution in [2.45, 2.75) is 77.7 Å². The van der Waals surface area contributed by atoms with Crippen molar-refractivity contribution in [3.8, 4) is 5.75 Å². The Morgan fingerprint density at radius 3 is 2.16 bits per heavy atom. The first kappa shape index (κ1) is 33.8. The second-order valence-corrected chi connectivity index (χ2v) is 10.9. The molecule has 0 radical (unpaired) electrons. The zero-order valence-corrected chi connectivity index (χ0v) is 24.9. The van der Waals surface area contributed by atoms with Crippen molar-refractivity contribution >= 4 is 18.0 Å². The van der Waals surface area contributed by atoms with Crippen LogP contribution in [-0.4, -0.2) is 88.8 Å². The van der Waals surface area contributed by atoms with Gasteiger partial charge in [-0.3, -0.25) is 0 Å². The Kier molecular flexibility index (Phi) is 13.2. The molecular weight excluding hydrogens is 561 g/mol. The van der Waals surface area contributed by atoms with Crippen LogP contribution in [-0.2, 0) is 32.2 Å². The first-order chi connectivity index (χ1) is 20.5. The van der Waals surface area contributed by atoms with Crippen LogP contribution in [0, 0.1) is 5.82 Å². The van der Waals surface area contributed by atoms with Gasteiger partial charge in [0.15, 0.2) is 6.29 Å². The Balaban J connectivity index is 0.000000765. The lowest BCUT2D eigenvalue weighted by Gasteiger charge is -2.38. The van der Waals surface area contributed by atoms with Crippen molar-refractivity contribution in [2.24, 2.45) is 0 Å². The van der Waals surface area contributed by atoms with Gasteiger partial charge in [0.05, 0.1) is 18.8 Å². The highest BCUT2D eigenvalue weighted by Gasteiger charge is 2.29. The predicted octanol–water partition coefficient (Wildman–Crippen LogP) is 4.10. The number of hydrogen-bond donors (Lipinski definition) is 3. The van der Waals surface area contributed by atoms with Crippen molar-refractivity contribution in [3.05, 3.63) is 65.5 Å². The zero-order chi connectivity index (χ0) is 31.4. The second kappa shape index (κ2) is 16.8. The van der Waals surface area contributed by atoms with E-state index in [4.69, 9.17) is 34.0 Å². The first-order valence-corrected chi connectivity index (χ1v) is 14.5. The van der Waals surface area contributed by atoms with Gasteiger partial charge >= 0.3 is 18.0 Å². The third kappa shape index (κ3) is 11.8. The number of carboxylic acid groups (broad SMARTS) is 2. The number of halogens is 1. The van der Waals surface area contributed by atoms with Gasteiger partial charge in [0.25, 0.3) is 0 Å². The Hall–Kier alpha value is -3.74. The SMILES string of the molecule is CC(C)Oc1ccc(CNC(=O)N(Cc2ccc(F)cc2)C2CCN(CCC3OCC(C)O3)CC2)cc1.O=C(O)C(=O)O. The number of benzene rings is 2. The summed E-state index contributed by atoms with van der Waals surface area (Å²) in [7, 11) is 0. The number of urea groups is 1. The molecule has 0 spiro atoms. The fourth-order valence-corrected chi connectivity index (χ4v) is 4.86. The van der Waals surface area contributed by atoms with E-state index in [1.165, 1.54) is 12.1 Å². The Morgan fingerprint density at radius 1 is 1.02 bits per heavy atom. The summed E-state index contributed by atoms with van der Waals surface area (Å²) in [5, 5.41) is 17.9. The quantitative estimate of drug-likeness (QED) is 0.343. The molecule has 2 aliphatic rings. The average Bonchev–Trinajstić information content (AvgIpc) is 3.40. The number of likely N-dealkylation sites (tertiary alicyclic amines) is 1. The minimum atomic E-state index is -1.82. The number of rotatable bonds is 10. The van der Waals surface area contributed by atoms with Crippen LogP contribution in [0.1, 0.15) is 51.2 Å². The van der Waals surface area contributed by atoms with Crippen LogP contribution in [0.15, 0.2) is 48.5 Å². The molecular formula is C31H42FN3O8. The lowest BCUT2D eigenvalue weighted by atomic mass is 10.0. The summed E-state index contributed by atoms with van der Waals surface area (Å²) >= 11 is 0. The number of nitrogens with one attached hydrogen (secondary N) is 1. The third-order valence-corrected chi connectivity index (χ3v) is 7.03. The normalized spacial score (nSPS) is 18.9. The van der Waals surface area contributed by atoms with Gasteiger partial charge in [-0.15, -0.1) is 0 Å². The van der Waals surface area contributed by atoms with Crippen molar-refractivity contribution in [1.29, 1.82) is 0 Å². The molecule has 12 heteroatoms. The summed E-state index contributed by atoms with van der Waals surface area (Å²) < 4.78 is 30.6. The molecule has 2 heterocycles. The number of nitrogens with zero attached hydrogens (tertiary/aromatic N) is 2. The largest absolute Gasteiger partial charge is 0.491 e. The van der Waals surface area contributed by atoms with E-state index in [2.05, 4.69) is 10.2 Å². The predicted molar refractivity (Wildman–Crippen MR) is 156 cm³/mol. The maximum atomic E-state index is 13.5. The minimum Gasteiger partial charge on any atom is -0.491 e. The molecule has 2 unspecified atom stereocenters. The lowest BCUT2D eigenvalue weighted by molar-refractivity contribution is -0.159. The molecule has 2 saturated heterocycles. The van der Waals surface area contributed by atoms with Gasteiger partial charge in [-0.05, 0) is 69.0 Å². The molecule has 236 valence electrons. The van der Waals surface area contributed by atoms with Gasteiger partial charge in [0, 0.05) is 45.2 Å². The van der Waals surface area contributed by atoms with E-state index < -0.39 is 11.9 Å². The molecule has 43 heavy (non-hydrogen) atoms. The smallest absolute Gasteiger partial charge is 0.414 e. The van der Waals surface area contributed by atoms with Gasteiger partial charge in [0.2, 0.25) is 0 Å². The van der Waals surface area contributed by atoms with E-state index in [9.17, 15) is 9.18 Å². The van der Waals surface area contributed by atoms with Crippen LogP contribution in [0.25, 0.3) is 0 Å². The van der Waals surface area contributed by atoms with Crippen LogP contribution >= 0.6 is 0 Å². The average molecular weight is 604 g/mol. The molecule has 4 rings (SSSR count). The fourth-order valence-electron chi connectivity index (χ4n) is 4.86. The Bertz CT molecular complexity index is 1160. The highest BCUT2D eigenvalue weighted by atomic mass is 19.1. The van der Waals surface area contributed by atoms with Crippen LogP contribution in [0.3, 0.4) is 0 Å². The van der Waals surface area contributed by atoms with Gasteiger partial charge in [0.1, 0.15) is 11.6 Å². The standard InChI is InChI=1S/C29H40FN3O4.C2H2O4/c1-21(2)36-27-10-6-23(7-11-27)18-31-29(34)33(19-24-4-8-25(30)9-5-24)26-12-15-32(16-13-26)17-14-28-35-20-22(3)37-28;3-1(4)2(5)6/h4-11,21-22,26,28H,12-20H2,1-3H3,(H,31,34);(H,3,4)(H,5,6). The molecule has 2 atom stereocenters. The highest BCUT2D eigenvalue weighted by molar-refractivity contribution is 6.27. The van der Waals surface area contributed by atoms with E-state index in [0.29, 0.717) is 19.7 Å². The Labute approximate surface area is 251 Å². The number of ether oxygens (including phenoxy) is 3. The van der Waals surface area contributed by atoms with Crippen LogP contribution in [0.4, 0.5) is 9.18 Å². The highest BCUT2D eigenvalue weighted by Crippen LogP contribution is 2.22. The van der Waals surface area contributed by atoms with Gasteiger partial charge in [-0.25, -0.2) is 18.8 Å². The molecule has 3 N–H and O–H groups in total. The number of amides is 2. The lowest BCUT2D eigenvalue weighted by Crippen LogP contribution is -2.50. The summed E-state index contributed by atoms with van der Waals surface area (Å²) in [6, 6.07) is 14.2. The number of piperidine rings is 1. The summed E-state index contributed by atoms with van der Waals surface area (Å²) in [5.41, 5.74) is 1.92. The van der Waals surface area contributed by atoms with E-state index in [-0.39, 0.29) is 36.4 Å². The molecule has 2 amide bonds. The maximum absolute atomic E-state index is 13.5. The molecule has 2 aromatic rings.